The van der Waals surface area contributed by atoms with Crippen molar-refractivity contribution in [1.29, 1.82) is 0 Å². The summed E-state index contributed by atoms with van der Waals surface area (Å²) in [5.74, 6) is 0.00567. The van der Waals surface area contributed by atoms with Crippen molar-refractivity contribution < 1.29 is 4.79 Å². The molecule has 0 saturated carbocycles. The van der Waals surface area contributed by atoms with Gasteiger partial charge in [0.25, 0.3) is 0 Å². The summed E-state index contributed by atoms with van der Waals surface area (Å²) in [6.07, 6.45) is 0.765. The maximum atomic E-state index is 11.8. The van der Waals surface area contributed by atoms with Gasteiger partial charge in [0.15, 0.2) is 0 Å². The van der Waals surface area contributed by atoms with Crippen molar-refractivity contribution >= 4 is 66.7 Å². The van der Waals surface area contributed by atoms with Crippen LogP contribution in [0.25, 0.3) is 0 Å². The molecular formula is C10H7Br2Cl2NO. The Morgan fingerprint density at radius 1 is 1.31 bits per heavy atom. The molecule has 2 nitrogen and oxygen atoms in total. The Morgan fingerprint density at radius 3 is 2.31 bits per heavy atom. The van der Waals surface area contributed by atoms with Crippen molar-refractivity contribution in [1.82, 2.24) is 0 Å². The minimum absolute atomic E-state index is 0.00567. The van der Waals surface area contributed by atoms with Crippen LogP contribution in [0.3, 0.4) is 0 Å². The lowest BCUT2D eigenvalue weighted by molar-refractivity contribution is -0.116. The molecule has 1 fully saturated rings. The molecule has 1 atom stereocenters. The maximum Gasteiger partial charge on any atom is 0.240 e. The van der Waals surface area contributed by atoms with E-state index < -0.39 is 0 Å². The Morgan fingerprint density at radius 2 is 1.88 bits per heavy atom. The number of halogens is 4. The van der Waals surface area contributed by atoms with E-state index in [-0.39, 0.29) is 10.7 Å². The van der Waals surface area contributed by atoms with Crippen molar-refractivity contribution in [3.8, 4) is 0 Å². The third-order valence-electron chi connectivity index (χ3n) is 2.39. The predicted molar refractivity (Wildman–Crippen MR) is 73.8 cm³/mol. The van der Waals surface area contributed by atoms with Gasteiger partial charge in [0.05, 0.1) is 20.6 Å². The Kier molecular flexibility index (Phi) is 3.84. The van der Waals surface area contributed by atoms with Gasteiger partial charge in [-0.3, -0.25) is 4.79 Å². The van der Waals surface area contributed by atoms with E-state index in [1.54, 1.807) is 17.0 Å². The van der Waals surface area contributed by atoms with E-state index in [1.807, 2.05) is 0 Å². The van der Waals surface area contributed by atoms with Gasteiger partial charge >= 0.3 is 0 Å². The number of amides is 1. The van der Waals surface area contributed by atoms with E-state index in [1.165, 1.54) is 0 Å². The molecule has 0 radical (unpaired) electrons. The smallest absolute Gasteiger partial charge is 0.240 e. The Hall–Kier alpha value is 0.230. The van der Waals surface area contributed by atoms with Crippen molar-refractivity contribution in [3.63, 3.8) is 0 Å². The Bertz CT molecular complexity index is 429. The fourth-order valence-electron chi connectivity index (χ4n) is 1.66. The van der Waals surface area contributed by atoms with E-state index in [0.717, 1.165) is 10.9 Å². The molecule has 1 saturated heterocycles. The van der Waals surface area contributed by atoms with Crippen LogP contribution in [0, 0.1) is 0 Å². The molecule has 0 bridgehead atoms. The number of anilines is 1. The fourth-order valence-corrected chi connectivity index (χ4v) is 3.52. The van der Waals surface area contributed by atoms with Crippen LogP contribution < -0.4 is 4.90 Å². The van der Waals surface area contributed by atoms with Gasteiger partial charge in [0.2, 0.25) is 5.91 Å². The number of hydrogen-bond donors (Lipinski definition) is 0. The normalized spacial score (nSPS) is 20.6. The number of alkyl halides is 1. The average molecular weight is 388 g/mol. The first kappa shape index (κ1) is 12.7. The van der Waals surface area contributed by atoms with Crippen molar-refractivity contribution in [2.24, 2.45) is 0 Å². The number of hydrogen-bond acceptors (Lipinski definition) is 1. The largest absolute Gasteiger partial charge is 0.309 e. The molecule has 16 heavy (non-hydrogen) atoms. The van der Waals surface area contributed by atoms with Crippen LogP contribution in [-0.4, -0.2) is 17.3 Å². The van der Waals surface area contributed by atoms with Crippen molar-refractivity contribution in [3.05, 3.63) is 26.7 Å². The molecule has 6 heteroatoms. The van der Waals surface area contributed by atoms with Crippen LogP contribution in [0.2, 0.25) is 10.0 Å². The standard InChI is InChI=1S/C10H7Br2Cl2NO/c11-5-3-7(13)9(8(14)4-5)15-2-1-6(12)10(15)16/h3-4,6H,1-2H2. The zero-order valence-corrected chi connectivity index (χ0v) is 12.7. The number of carbonyl (C=O) groups excluding carboxylic acids is 1. The lowest BCUT2D eigenvalue weighted by Gasteiger charge is -2.19. The molecule has 1 amide bonds. The van der Waals surface area contributed by atoms with Gasteiger partial charge < -0.3 is 4.90 Å². The highest BCUT2D eigenvalue weighted by atomic mass is 79.9. The highest BCUT2D eigenvalue weighted by Gasteiger charge is 2.32. The molecule has 1 aliphatic heterocycles. The monoisotopic (exact) mass is 385 g/mol. The molecule has 1 aromatic rings. The van der Waals surface area contributed by atoms with Gasteiger partial charge in [-0.05, 0) is 18.6 Å². The van der Waals surface area contributed by atoms with E-state index >= 15 is 0 Å². The van der Waals surface area contributed by atoms with Crippen LogP contribution in [0.4, 0.5) is 5.69 Å². The van der Waals surface area contributed by atoms with Crippen molar-refractivity contribution in [2.45, 2.75) is 11.2 Å². The summed E-state index contributed by atoms with van der Waals surface area (Å²) in [5, 5.41) is 0.962. The lowest BCUT2D eigenvalue weighted by Crippen LogP contribution is -2.27. The second-order valence-electron chi connectivity index (χ2n) is 3.46. The first-order valence-electron chi connectivity index (χ1n) is 4.60. The summed E-state index contributed by atoms with van der Waals surface area (Å²) < 4.78 is 0.799. The topological polar surface area (TPSA) is 20.3 Å². The quantitative estimate of drug-likeness (QED) is 0.659. The molecule has 0 spiro atoms. The Balaban J connectivity index is 2.45. The first-order chi connectivity index (χ1) is 7.50. The molecule has 86 valence electrons. The SMILES string of the molecule is O=C1C(Br)CCN1c1c(Cl)cc(Br)cc1Cl. The molecule has 2 rings (SSSR count). The minimum atomic E-state index is -0.136. The molecule has 1 unspecified atom stereocenters. The second kappa shape index (κ2) is 4.84. The number of benzene rings is 1. The number of nitrogens with zero attached hydrogens (tertiary/aromatic N) is 1. The zero-order valence-electron chi connectivity index (χ0n) is 8.01. The summed E-state index contributed by atoms with van der Waals surface area (Å²) in [7, 11) is 0. The number of carbonyl (C=O) groups is 1. The molecule has 0 N–H and O–H groups in total. The summed E-state index contributed by atoms with van der Waals surface area (Å²) >= 11 is 18.8. The fraction of sp³-hybridized carbons (Fsp3) is 0.300. The van der Waals surface area contributed by atoms with Gasteiger partial charge in [-0.1, -0.05) is 55.1 Å². The van der Waals surface area contributed by atoms with Gasteiger partial charge in [-0.25, -0.2) is 0 Å². The van der Waals surface area contributed by atoms with Crippen LogP contribution in [0.1, 0.15) is 6.42 Å². The second-order valence-corrected chi connectivity index (χ2v) is 6.30. The first-order valence-corrected chi connectivity index (χ1v) is 7.07. The third kappa shape index (κ3) is 2.26. The van der Waals surface area contributed by atoms with Gasteiger partial charge in [0.1, 0.15) is 0 Å². The number of rotatable bonds is 1. The molecule has 0 aliphatic carbocycles. The maximum absolute atomic E-state index is 11.8. The molecule has 1 aliphatic rings. The summed E-state index contributed by atoms with van der Waals surface area (Å²) in [5.41, 5.74) is 0.596. The molecular weight excluding hydrogens is 381 g/mol. The van der Waals surface area contributed by atoms with E-state index in [0.29, 0.717) is 22.3 Å². The average Bonchev–Trinajstić information content (AvgIpc) is 2.48. The van der Waals surface area contributed by atoms with Gasteiger partial charge in [-0.2, -0.15) is 0 Å². The third-order valence-corrected chi connectivity index (χ3v) is 4.28. The zero-order chi connectivity index (χ0) is 11.9. The summed E-state index contributed by atoms with van der Waals surface area (Å²) in [6, 6.07) is 3.47. The highest BCUT2D eigenvalue weighted by molar-refractivity contribution is 9.10. The van der Waals surface area contributed by atoms with E-state index in [4.69, 9.17) is 23.2 Å². The Labute approximate surface area is 120 Å². The van der Waals surface area contributed by atoms with Gasteiger partial charge in [0, 0.05) is 11.0 Å². The minimum Gasteiger partial charge on any atom is -0.309 e. The lowest BCUT2D eigenvalue weighted by atomic mass is 10.3. The summed E-state index contributed by atoms with van der Waals surface area (Å²) in [4.78, 5) is 13.3. The van der Waals surface area contributed by atoms with Crippen LogP contribution in [0.5, 0.6) is 0 Å². The molecule has 0 aromatic heterocycles. The van der Waals surface area contributed by atoms with Gasteiger partial charge in [-0.15, -0.1) is 0 Å². The van der Waals surface area contributed by atoms with Crippen LogP contribution in [-0.2, 0) is 4.79 Å². The van der Waals surface area contributed by atoms with Crippen molar-refractivity contribution in [2.75, 3.05) is 11.4 Å². The highest BCUT2D eigenvalue weighted by Crippen LogP contribution is 2.39. The van der Waals surface area contributed by atoms with Crippen LogP contribution in [0.15, 0.2) is 16.6 Å². The molecule has 1 aromatic carbocycles. The predicted octanol–water partition coefficient (Wildman–Crippen LogP) is 4.26. The summed E-state index contributed by atoms with van der Waals surface area (Å²) in [6.45, 7) is 0.635. The molecule has 1 heterocycles. The van der Waals surface area contributed by atoms with E-state index in [9.17, 15) is 4.79 Å². The van der Waals surface area contributed by atoms with Crippen LogP contribution >= 0.6 is 55.1 Å². The van der Waals surface area contributed by atoms with E-state index in [2.05, 4.69) is 31.9 Å².